The van der Waals surface area contributed by atoms with Gasteiger partial charge in [-0.25, -0.2) is 4.79 Å². The second-order valence-electron chi connectivity index (χ2n) is 5.61. The van der Waals surface area contributed by atoms with E-state index in [4.69, 9.17) is 15.6 Å². The van der Waals surface area contributed by atoms with Gasteiger partial charge in [-0.1, -0.05) is 0 Å². The Morgan fingerprint density at radius 2 is 2.00 bits per heavy atom. The highest BCUT2D eigenvalue weighted by molar-refractivity contribution is 5.76. The molecule has 0 aliphatic carbocycles. The lowest BCUT2D eigenvalue weighted by Crippen LogP contribution is -2.67. The number of carboxylic acids is 1. The summed E-state index contributed by atoms with van der Waals surface area (Å²) in [5, 5.41) is 51.3. The van der Waals surface area contributed by atoms with E-state index < -0.39 is 73.7 Å². The Balaban J connectivity index is 2.98. The summed E-state index contributed by atoms with van der Waals surface area (Å²) in [5.41, 5.74) is 5.02. The monoisotopic (exact) mass is 366 g/mol. The number of ether oxygens (including phenoxy) is 2. The number of aliphatic hydroxyl groups is 4. The largest absolute Gasteiger partial charge is 0.477 e. The van der Waals surface area contributed by atoms with Gasteiger partial charge < -0.3 is 46.1 Å². The van der Waals surface area contributed by atoms with E-state index in [1.54, 1.807) is 0 Å². The van der Waals surface area contributed by atoms with Gasteiger partial charge in [-0.15, -0.1) is 0 Å². The van der Waals surface area contributed by atoms with E-state index in [1.807, 2.05) is 0 Å². The Morgan fingerprint density at radius 1 is 1.40 bits per heavy atom. The summed E-state index contributed by atoms with van der Waals surface area (Å²) >= 11 is 0. The summed E-state index contributed by atoms with van der Waals surface area (Å²) < 4.78 is 9.49. The molecule has 0 unspecified atom stereocenters. The molecule has 0 spiro atoms. The maximum absolute atomic E-state index is 11.3. The standard InChI is InChI=1S/C13H22N2O10/c1-5(16)15-9-6(17)2-13(23,12(21)22)25-11(9)10(20)7(18)4-24-8(19)3-14/h6-7,9-11,17-18,20,23H,2-4,14H2,1H3,(H,15,16)(H,21,22)/t6-,7+,9+,10+,11+,13-/m0/s1. The number of nitrogens with one attached hydrogen (secondary N) is 1. The SMILES string of the molecule is CC(=O)N[C@H]1[C@H]([C@H](O)[C@H](O)COC(=O)CN)O[C@](O)(C(=O)O)C[C@@H]1O. The van der Waals surface area contributed by atoms with Gasteiger partial charge in [0.1, 0.15) is 24.9 Å². The number of rotatable bonds is 7. The van der Waals surface area contributed by atoms with Crippen molar-refractivity contribution in [1.82, 2.24) is 5.32 Å². The van der Waals surface area contributed by atoms with Crippen LogP contribution in [0.2, 0.25) is 0 Å². The van der Waals surface area contributed by atoms with Crippen LogP contribution in [-0.4, -0.2) is 92.8 Å². The Kier molecular flexibility index (Phi) is 7.22. The van der Waals surface area contributed by atoms with Crippen molar-refractivity contribution < 1.29 is 49.4 Å². The minimum absolute atomic E-state index is 0.464. The van der Waals surface area contributed by atoms with E-state index in [-0.39, 0.29) is 0 Å². The summed E-state index contributed by atoms with van der Waals surface area (Å²) in [6, 6.07) is -1.33. The number of aliphatic hydroxyl groups excluding tert-OH is 3. The number of amides is 1. The molecule has 0 saturated carbocycles. The predicted molar refractivity (Wildman–Crippen MR) is 77.7 cm³/mol. The first-order valence-corrected chi connectivity index (χ1v) is 7.32. The highest BCUT2D eigenvalue weighted by Gasteiger charge is 2.53. The van der Waals surface area contributed by atoms with E-state index in [0.29, 0.717) is 0 Å². The van der Waals surface area contributed by atoms with Gasteiger partial charge >= 0.3 is 11.9 Å². The van der Waals surface area contributed by atoms with E-state index >= 15 is 0 Å². The molecule has 1 aliphatic heterocycles. The average molecular weight is 366 g/mol. The number of carbonyl (C=O) groups is 3. The topological polar surface area (TPSA) is 209 Å². The highest BCUT2D eigenvalue weighted by atomic mass is 16.7. The summed E-state index contributed by atoms with van der Waals surface area (Å²) in [5.74, 6) is -6.16. The van der Waals surface area contributed by atoms with Crippen LogP contribution in [0.1, 0.15) is 13.3 Å². The highest BCUT2D eigenvalue weighted by Crippen LogP contribution is 2.30. The van der Waals surface area contributed by atoms with Gasteiger partial charge in [0.25, 0.3) is 5.79 Å². The first-order valence-electron chi connectivity index (χ1n) is 7.32. The van der Waals surface area contributed by atoms with Crippen LogP contribution < -0.4 is 11.1 Å². The lowest BCUT2D eigenvalue weighted by molar-refractivity contribution is -0.295. The molecule has 1 aliphatic rings. The smallest absolute Gasteiger partial charge is 0.364 e. The minimum atomic E-state index is -2.84. The maximum Gasteiger partial charge on any atom is 0.364 e. The third-order valence-electron chi connectivity index (χ3n) is 3.60. The Hall–Kier alpha value is -1.83. The van der Waals surface area contributed by atoms with Crippen LogP contribution in [0, 0.1) is 0 Å². The van der Waals surface area contributed by atoms with Gasteiger partial charge in [0.05, 0.1) is 18.7 Å². The van der Waals surface area contributed by atoms with Crippen LogP contribution in [0.5, 0.6) is 0 Å². The van der Waals surface area contributed by atoms with Crippen molar-refractivity contribution in [3.63, 3.8) is 0 Å². The maximum atomic E-state index is 11.3. The zero-order valence-corrected chi connectivity index (χ0v) is 13.4. The van der Waals surface area contributed by atoms with Crippen molar-refractivity contribution in [1.29, 1.82) is 0 Å². The van der Waals surface area contributed by atoms with Crippen LogP contribution in [0.3, 0.4) is 0 Å². The van der Waals surface area contributed by atoms with Crippen molar-refractivity contribution in [2.75, 3.05) is 13.2 Å². The normalized spacial score (nSPS) is 31.7. The molecule has 8 N–H and O–H groups in total. The van der Waals surface area contributed by atoms with Crippen LogP contribution >= 0.6 is 0 Å². The van der Waals surface area contributed by atoms with Crippen LogP contribution in [0.25, 0.3) is 0 Å². The molecule has 1 heterocycles. The number of hydrogen-bond acceptors (Lipinski definition) is 10. The molecule has 0 bridgehead atoms. The van der Waals surface area contributed by atoms with Gasteiger partial charge in [-0.3, -0.25) is 9.59 Å². The van der Waals surface area contributed by atoms with E-state index in [9.17, 15) is 34.8 Å². The minimum Gasteiger partial charge on any atom is -0.477 e. The molecule has 0 aromatic rings. The second-order valence-corrected chi connectivity index (χ2v) is 5.61. The van der Waals surface area contributed by atoms with Crippen molar-refractivity contribution in [3.8, 4) is 0 Å². The fraction of sp³-hybridized carbons (Fsp3) is 0.769. The molecule has 0 aromatic heterocycles. The fourth-order valence-corrected chi connectivity index (χ4v) is 2.36. The van der Waals surface area contributed by atoms with Crippen LogP contribution in [0.15, 0.2) is 0 Å². The third kappa shape index (κ3) is 5.32. The molecule has 0 aromatic carbocycles. The molecule has 1 rings (SSSR count). The summed E-state index contributed by atoms with van der Waals surface area (Å²) in [4.78, 5) is 33.4. The quantitative estimate of drug-likeness (QED) is 0.214. The summed E-state index contributed by atoms with van der Waals surface area (Å²) in [7, 11) is 0. The Labute approximate surface area is 142 Å². The zero-order valence-electron chi connectivity index (χ0n) is 13.4. The number of esters is 1. The Bertz CT molecular complexity index is 515. The fourth-order valence-electron chi connectivity index (χ4n) is 2.36. The molecular weight excluding hydrogens is 344 g/mol. The molecule has 1 fully saturated rings. The molecule has 12 heteroatoms. The van der Waals surface area contributed by atoms with Crippen molar-refractivity contribution in [2.45, 2.75) is 49.6 Å². The van der Waals surface area contributed by atoms with Crippen LogP contribution in [0.4, 0.5) is 0 Å². The zero-order chi connectivity index (χ0) is 19.4. The van der Waals surface area contributed by atoms with Gasteiger partial charge in [0.15, 0.2) is 0 Å². The average Bonchev–Trinajstić information content (AvgIpc) is 2.53. The molecule has 6 atom stereocenters. The second kappa shape index (κ2) is 8.51. The number of nitrogens with two attached hydrogens (primary N) is 1. The number of aliphatic carboxylic acids is 1. The lowest BCUT2D eigenvalue weighted by Gasteiger charge is -2.44. The predicted octanol–water partition coefficient (Wildman–Crippen LogP) is -4.36. The Morgan fingerprint density at radius 3 is 2.48 bits per heavy atom. The van der Waals surface area contributed by atoms with Gasteiger partial charge in [-0.05, 0) is 0 Å². The van der Waals surface area contributed by atoms with Gasteiger partial charge in [0, 0.05) is 13.3 Å². The van der Waals surface area contributed by atoms with E-state index in [2.05, 4.69) is 10.1 Å². The van der Waals surface area contributed by atoms with E-state index in [1.165, 1.54) is 0 Å². The van der Waals surface area contributed by atoms with Gasteiger partial charge in [-0.2, -0.15) is 0 Å². The van der Waals surface area contributed by atoms with Gasteiger partial charge in [0.2, 0.25) is 5.91 Å². The molecule has 0 radical (unpaired) electrons. The van der Waals surface area contributed by atoms with E-state index in [0.717, 1.165) is 6.92 Å². The molecule has 12 nitrogen and oxygen atoms in total. The van der Waals surface area contributed by atoms with Crippen molar-refractivity contribution in [3.05, 3.63) is 0 Å². The molecule has 1 amide bonds. The molecule has 144 valence electrons. The summed E-state index contributed by atoms with van der Waals surface area (Å²) in [6.45, 7) is -0.0617. The third-order valence-corrected chi connectivity index (χ3v) is 3.60. The summed E-state index contributed by atoms with van der Waals surface area (Å²) in [6.07, 6.45) is -7.77. The van der Waals surface area contributed by atoms with Crippen molar-refractivity contribution >= 4 is 17.8 Å². The first-order chi connectivity index (χ1) is 11.5. The number of carboxylic acid groups (broad SMARTS) is 1. The molecule has 1 saturated heterocycles. The first kappa shape index (κ1) is 21.2. The number of carbonyl (C=O) groups excluding carboxylic acids is 2. The van der Waals surface area contributed by atoms with Crippen molar-refractivity contribution in [2.24, 2.45) is 5.73 Å². The molecular formula is C13H22N2O10. The molecule has 25 heavy (non-hydrogen) atoms. The number of hydrogen-bond donors (Lipinski definition) is 7. The van der Waals surface area contributed by atoms with Crippen LogP contribution in [-0.2, 0) is 23.9 Å². The lowest BCUT2D eigenvalue weighted by atomic mass is 9.88.